The Morgan fingerprint density at radius 1 is 1.25 bits per heavy atom. The molecule has 2 rings (SSSR count). The number of nitrogens with one attached hydrogen (secondary N) is 1. The Kier molecular flexibility index (Phi) is 3.89. The summed E-state index contributed by atoms with van der Waals surface area (Å²) in [6.07, 6.45) is 2.90. The Morgan fingerprint density at radius 2 is 1.90 bits per heavy atom. The Morgan fingerprint density at radius 3 is 2.40 bits per heavy atom. The van der Waals surface area contributed by atoms with Gasteiger partial charge in [-0.25, -0.2) is 8.42 Å². The molecule has 1 heterocycles. The van der Waals surface area contributed by atoms with E-state index < -0.39 is 9.84 Å². The number of benzene rings is 1. The van der Waals surface area contributed by atoms with Crippen molar-refractivity contribution in [2.45, 2.75) is 5.75 Å². The third kappa shape index (κ3) is 3.92. The summed E-state index contributed by atoms with van der Waals surface area (Å²) in [7, 11) is -1.31. The maximum absolute atomic E-state index is 11.9. The van der Waals surface area contributed by atoms with Gasteiger partial charge in [-0.1, -0.05) is 12.1 Å². The van der Waals surface area contributed by atoms with Crippen LogP contribution in [-0.4, -0.2) is 30.4 Å². The average Bonchev–Trinajstić information content (AvgIpc) is 2.73. The summed E-state index contributed by atoms with van der Waals surface area (Å²) >= 11 is 0. The van der Waals surface area contributed by atoms with Gasteiger partial charge in [-0.3, -0.25) is 9.48 Å². The Labute approximate surface area is 117 Å². The highest BCUT2D eigenvalue weighted by Gasteiger charge is 2.09. The summed E-state index contributed by atoms with van der Waals surface area (Å²) in [5.74, 6) is 0.155. The number of carbonyl (C=O) groups excluding carboxylic acids is 1. The first-order chi connectivity index (χ1) is 9.33. The second-order valence-corrected chi connectivity index (χ2v) is 6.74. The number of aromatic nitrogens is 2. The van der Waals surface area contributed by atoms with Crippen molar-refractivity contribution in [3.63, 3.8) is 0 Å². The van der Waals surface area contributed by atoms with Crippen LogP contribution in [0.1, 0.15) is 15.9 Å². The number of carbonyl (C=O) groups is 1. The van der Waals surface area contributed by atoms with E-state index >= 15 is 0 Å². The number of amides is 1. The highest BCUT2D eigenvalue weighted by molar-refractivity contribution is 7.89. The van der Waals surface area contributed by atoms with Crippen LogP contribution in [0.15, 0.2) is 36.5 Å². The Bertz CT molecular complexity index is 718. The lowest BCUT2D eigenvalue weighted by Gasteiger charge is -2.04. The van der Waals surface area contributed by atoms with E-state index in [1.54, 1.807) is 48.3 Å². The smallest absolute Gasteiger partial charge is 0.256 e. The number of sulfone groups is 1. The first-order valence-electron chi connectivity index (χ1n) is 5.91. The quantitative estimate of drug-likeness (QED) is 0.919. The maximum Gasteiger partial charge on any atom is 0.256 e. The van der Waals surface area contributed by atoms with E-state index in [0.29, 0.717) is 16.9 Å². The SMILES string of the molecule is Cn1ccc(NC(=O)c2ccc(CS(C)(=O)=O)cc2)n1. The second kappa shape index (κ2) is 5.46. The number of nitrogens with zero attached hydrogens (tertiary/aromatic N) is 2. The number of aryl methyl sites for hydroxylation is 1. The van der Waals surface area contributed by atoms with Crippen molar-refractivity contribution in [3.05, 3.63) is 47.7 Å². The molecule has 0 aliphatic carbocycles. The van der Waals surface area contributed by atoms with Crippen molar-refractivity contribution in [1.29, 1.82) is 0 Å². The lowest BCUT2D eigenvalue weighted by molar-refractivity contribution is 0.102. The Hall–Kier alpha value is -2.15. The van der Waals surface area contributed by atoms with Crippen LogP contribution in [0.5, 0.6) is 0 Å². The number of hydrogen-bond acceptors (Lipinski definition) is 4. The summed E-state index contributed by atoms with van der Waals surface area (Å²) < 4.78 is 23.9. The molecule has 106 valence electrons. The zero-order valence-corrected chi connectivity index (χ0v) is 12.0. The van der Waals surface area contributed by atoms with Crippen LogP contribution < -0.4 is 5.32 Å². The van der Waals surface area contributed by atoms with Gasteiger partial charge in [0.15, 0.2) is 15.7 Å². The van der Waals surface area contributed by atoms with Crippen LogP contribution in [0.4, 0.5) is 5.82 Å². The molecule has 0 fully saturated rings. The van der Waals surface area contributed by atoms with Gasteiger partial charge < -0.3 is 5.32 Å². The predicted molar refractivity (Wildman–Crippen MR) is 76.2 cm³/mol. The minimum Gasteiger partial charge on any atom is -0.305 e. The molecule has 0 radical (unpaired) electrons. The van der Waals surface area contributed by atoms with Crippen LogP contribution in [0, 0.1) is 0 Å². The van der Waals surface area contributed by atoms with Crippen molar-refractivity contribution in [2.75, 3.05) is 11.6 Å². The molecule has 1 amide bonds. The van der Waals surface area contributed by atoms with Gasteiger partial charge in [0.2, 0.25) is 0 Å². The van der Waals surface area contributed by atoms with E-state index in [2.05, 4.69) is 10.4 Å². The standard InChI is InChI=1S/C13H15N3O3S/c1-16-8-7-12(15-16)14-13(17)11-5-3-10(4-6-11)9-20(2,18)19/h3-8H,9H2,1-2H3,(H,14,15,17). The van der Waals surface area contributed by atoms with Gasteiger partial charge in [0.25, 0.3) is 5.91 Å². The topological polar surface area (TPSA) is 81.1 Å². The summed E-state index contributed by atoms with van der Waals surface area (Å²) in [6, 6.07) is 8.15. The predicted octanol–water partition coefficient (Wildman–Crippen LogP) is 1.22. The second-order valence-electron chi connectivity index (χ2n) is 4.60. The third-order valence-electron chi connectivity index (χ3n) is 2.60. The van der Waals surface area contributed by atoms with Gasteiger partial charge in [0.1, 0.15) is 0 Å². The van der Waals surface area contributed by atoms with Gasteiger partial charge in [-0.05, 0) is 17.7 Å². The molecule has 1 aromatic heterocycles. The fraction of sp³-hybridized carbons (Fsp3) is 0.231. The number of hydrogen-bond donors (Lipinski definition) is 1. The zero-order chi connectivity index (χ0) is 14.8. The number of rotatable bonds is 4. The highest BCUT2D eigenvalue weighted by atomic mass is 32.2. The van der Waals surface area contributed by atoms with Crippen molar-refractivity contribution in [1.82, 2.24) is 9.78 Å². The normalized spacial score (nSPS) is 11.3. The van der Waals surface area contributed by atoms with E-state index in [1.807, 2.05) is 0 Å². The molecule has 0 unspecified atom stereocenters. The monoisotopic (exact) mass is 293 g/mol. The molecule has 0 saturated heterocycles. The fourth-order valence-electron chi connectivity index (χ4n) is 1.73. The molecule has 0 bridgehead atoms. The minimum atomic E-state index is -3.07. The Balaban J connectivity index is 2.07. The van der Waals surface area contributed by atoms with E-state index in [-0.39, 0.29) is 11.7 Å². The molecular weight excluding hydrogens is 278 g/mol. The van der Waals surface area contributed by atoms with Gasteiger partial charge in [-0.2, -0.15) is 5.10 Å². The largest absolute Gasteiger partial charge is 0.305 e. The van der Waals surface area contributed by atoms with Gasteiger partial charge in [0.05, 0.1) is 5.75 Å². The zero-order valence-electron chi connectivity index (χ0n) is 11.2. The summed E-state index contributed by atoms with van der Waals surface area (Å²) in [4.78, 5) is 11.9. The molecule has 0 aliphatic rings. The summed E-state index contributed by atoms with van der Waals surface area (Å²) in [6.45, 7) is 0. The van der Waals surface area contributed by atoms with Crippen molar-refractivity contribution in [2.24, 2.45) is 7.05 Å². The highest BCUT2D eigenvalue weighted by Crippen LogP contribution is 2.10. The van der Waals surface area contributed by atoms with Gasteiger partial charge in [0, 0.05) is 31.1 Å². The van der Waals surface area contributed by atoms with Gasteiger partial charge in [-0.15, -0.1) is 0 Å². The molecule has 1 N–H and O–H groups in total. The van der Waals surface area contributed by atoms with E-state index in [9.17, 15) is 13.2 Å². The number of anilines is 1. The van der Waals surface area contributed by atoms with Gasteiger partial charge >= 0.3 is 0 Å². The summed E-state index contributed by atoms with van der Waals surface area (Å²) in [5.41, 5.74) is 1.11. The molecule has 20 heavy (non-hydrogen) atoms. The first-order valence-corrected chi connectivity index (χ1v) is 7.97. The van der Waals surface area contributed by atoms with Crippen LogP contribution in [0.3, 0.4) is 0 Å². The molecule has 1 aromatic carbocycles. The molecular formula is C13H15N3O3S. The lowest BCUT2D eigenvalue weighted by Crippen LogP contribution is -2.12. The van der Waals surface area contributed by atoms with Crippen LogP contribution in [-0.2, 0) is 22.6 Å². The maximum atomic E-state index is 11.9. The van der Waals surface area contributed by atoms with Crippen molar-refractivity contribution >= 4 is 21.6 Å². The molecule has 7 heteroatoms. The average molecular weight is 293 g/mol. The van der Waals surface area contributed by atoms with Crippen LogP contribution >= 0.6 is 0 Å². The van der Waals surface area contributed by atoms with E-state index in [0.717, 1.165) is 0 Å². The van der Waals surface area contributed by atoms with E-state index in [4.69, 9.17) is 0 Å². The molecule has 6 nitrogen and oxygen atoms in total. The minimum absolute atomic E-state index is 0.0326. The third-order valence-corrected chi connectivity index (χ3v) is 3.46. The molecule has 0 aliphatic heterocycles. The van der Waals surface area contributed by atoms with E-state index in [1.165, 1.54) is 6.26 Å². The van der Waals surface area contributed by atoms with Crippen LogP contribution in [0.25, 0.3) is 0 Å². The lowest BCUT2D eigenvalue weighted by atomic mass is 10.1. The van der Waals surface area contributed by atoms with Crippen molar-refractivity contribution in [3.8, 4) is 0 Å². The van der Waals surface area contributed by atoms with Crippen molar-refractivity contribution < 1.29 is 13.2 Å². The molecule has 0 saturated carbocycles. The fourth-order valence-corrected chi connectivity index (χ4v) is 2.52. The first kappa shape index (κ1) is 14.3. The molecule has 2 aromatic rings. The van der Waals surface area contributed by atoms with Crippen LogP contribution in [0.2, 0.25) is 0 Å². The molecule has 0 spiro atoms. The summed E-state index contributed by atoms with van der Waals surface area (Å²) in [5, 5.41) is 6.71. The molecule has 0 atom stereocenters.